The highest BCUT2D eigenvalue weighted by molar-refractivity contribution is 6.32. The van der Waals surface area contributed by atoms with Gasteiger partial charge in [0.2, 0.25) is 0 Å². The highest BCUT2D eigenvalue weighted by atomic mass is 19.4. The molecule has 0 aliphatic carbocycles. The Morgan fingerprint density at radius 2 is 1.68 bits per heavy atom. The third kappa shape index (κ3) is 8.21. The molecule has 0 spiro atoms. The van der Waals surface area contributed by atoms with E-state index in [1.807, 2.05) is 0 Å². The summed E-state index contributed by atoms with van der Waals surface area (Å²) in [6.45, 7) is 0.871. The molecule has 0 saturated heterocycles. The number of nitrogens with zero attached hydrogens (tertiary/aromatic N) is 3. The summed E-state index contributed by atoms with van der Waals surface area (Å²) in [4.78, 5) is 37.4. The number of halogens is 3. The zero-order valence-corrected chi connectivity index (χ0v) is 22.2. The third-order valence-corrected chi connectivity index (χ3v) is 5.46. The van der Waals surface area contributed by atoms with E-state index in [-0.39, 0.29) is 24.5 Å². The van der Waals surface area contributed by atoms with Gasteiger partial charge in [-0.15, -0.1) is 0 Å². The van der Waals surface area contributed by atoms with E-state index in [9.17, 15) is 32.7 Å². The molecule has 0 saturated carbocycles. The molecule has 1 aliphatic rings. The average Bonchev–Trinajstić information content (AvgIpc) is 3.27. The fourth-order valence-corrected chi connectivity index (χ4v) is 3.44. The van der Waals surface area contributed by atoms with Gasteiger partial charge in [0.15, 0.2) is 5.71 Å². The summed E-state index contributed by atoms with van der Waals surface area (Å²) in [6, 6.07) is 12.0. The minimum Gasteiger partial charge on any atom is -0.508 e. The van der Waals surface area contributed by atoms with Gasteiger partial charge < -0.3 is 24.2 Å². The van der Waals surface area contributed by atoms with E-state index in [0.717, 1.165) is 11.8 Å². The summed E-state index contributed by atoms with van der Waals surface area (Å²) >= 11 is 0. The zero-order chi connectivity index (χ0) is 30.2. The van der Waals surface area contributed by atoms with Gasteiger partial charge in [0.1, 0.15) is 24.7 Å². The SMILES string of the molecule is COc1ccc(N(C)/C=C/C=C(O)/C=C2/C(=O)N(c3ccc(C(=O)OCCOC(C)=O)cc3)N=C2C(F)(F)F)cc1. The molecule has 0 aromatic heterocycles. The number of carbonyl (C=O) groups is 3. The zero-order valence-electron chi connectivity index (χ0n) is 22.2. The first-order valence-corrected chi connectivity index (χ1v) is 12.0. The van der Waals surface area contributed by atoms with Crippen LogP contribution in [0.4, 0.5) is 24.5 Å². The Bertz CT molecular complexity index is 1400. The lowest BCUT2D eigenvalue weighted by molar-refractivity contribution is -0.142. The Kier molecular flexibility index (Phi) is 9.90. The van der Waals surface area contributed by atoms with Crippen LogP contribution in [0.3, 0.4) is 0 Å². The number of hydrazone groups is 1. The number of rotatable bonds is 10. The third-order valence-electron chi connectivity index (χ3n) is 5.46. The molecule has 0 unspecified atom stereocenters. The Balaban J connectivity index is 1.74. The van der Waals surface area contributed by atoms with Crippen molar-refractivity contribution in [1.29, 1.82) is 0 Å². The number of esters is 2. The van der Waals surface area contributed by atoms with Crippen molar-refractivity contribution >= 4 is 34.9 Å². The molecule has 2 aromatic rings. The van der Waals surface area contributed by atoms with Gasteiger partial charge in [-0.1, -0.05) is 0 Å². The van der Waals surface area contributed by atoms with Crippen LogP contribution in [-0.2, 0) is 19.1 Å². The summed E-state index contributed by atoms with van der Waals surface area (Å²) in [5.41, 5.74) is -1.58. The number of ether oxygens (including phenoxy) is 3. The van der Waals surface area contributed by atoms with Crippen LogP contribution in [-0.4, -0.2) is 62.2 Å². The molecule has 0 radical (unpaired) electrons. The number of aliphatic hydroxyl groups excluding tert-OH is 1. The molecule has 41 heavy (non-hydrogen) atoms. The summed E-state index contributed by atoms with van der Waals surface area (Å²) in [5, 5.41) is 14.2. The quantitative estimate of drug-likeness (QED) is 0.143. The maximum atomic E-state index is 13.7. The molecule has 1 amide bonds. The van der Waals surface area contributed by atoms with Crippen molar-refractivity contribution in [3.8, 4) is 5.75 Å². The van der Waals surface area contributed by atoms with Crippen molar-refractivity contribution in [1.82, 2.24) is 0 Å². The first-order valence-electron chi connectivity index (χ1n) is 12.0. The van der Waals surface area contributed by atoms with Gasteiger partial charge in [-0.3, -0.25) is 9.59 Å². The van der Waals surface area contributed by atoms with Crippen LogP contribution in [0.25, 0.3) is 0 Å². The number of aliphatic hydroxyl groups is 1. The van der Waals surface area contributed by atoms with Crippen molar-refractivity contribution in [3.63, 3.8) is 0 Å². The normalized spacial score (nSPS) is 14.8. The van der Waals surface area contributed by atoms with Crippen molar-refractivity contribution in [2.45, 2.75) is 13.1 Å². The maximum absolute atomic E-state index is 13.7. The molecule has 13 heteroatoms. The molecule has 1 heterocycles. The smallest absolute Gasteiger partial charge is 0.435 e. The van der Waals surface area contributed by atoms with Crippen molar-refractivity contribution in [2.75, 3.05) is 37.3 Å². The summed E-state index contributed by atoms with van der Waals surface area (Å²) in [7, 11) is 3.26. The molecule has 1 N–H and O–H groups in total. The van der Waals surface area contributed by atoms with Gasteiger partial charge in [0, 0.05) is 25.9 Å². The average molecular weight is 574 g/mol. The lowest BCUT2D eigenvalue weighted by Crippen LogP contribution is -2.25. The summed E-state index contributed by atoms with van der Waals surface area (Å²) < 4.78 is 55.8. The highest BCUT2D eigenvalue weighted by Crippen LogP contribution is 2.32. The molecular formula is C28H26F3N3O7. The molecule has 10 nitrogen and oxygen atoms in total. The van der Waals surface area contributed by atoms with Crippen LogP contribution in [0.5, 0.6) is 5.75 Å². The minimum absolute atomic E-state index is 0.0472. The molecule has 0 bridgehead atoms. The van der Waals surface area contributed by atoms with Crippen LogP contribution < -0.4 is 14.6 Å². The van der Waals surface area contributed by atoms with Crippen LogP contribution in [0.2, 0.25) is 0 Å². The number of methoxy groups -OCH3 is 1. The van der Waals surface area contributed by atoms with Crippen molar-refractivity contribution < 1.29 is 46.9 Å². The molecule has 3 rings (SSSR count). The fourth-order valence-electron chi connectivity index (χ4n) is 3.44. The lowest BCUT2D eigenvalue weighted by atomic mass is 10.1. The van der Waals surface area contributed by atoms with E-state index < -0.39 is 41.1 Å². The van der Waals surface area contributed by atoms with Crippen molar-refractivity contribution in [3.05, 3.63) is 89.9 Å². The first-order chi connectivity index (χ1) is 19.4. The predicted molar refractivity (Wildman–Crippen MR) is 144 cm³/mol. The van der Waals surface area contributed by atoms with Gasteiger partial charge in [0.05, 0.1) is 23.9 Å². The predicted octanol–water partition coefficient (Wildman–Crippen LogP) is 4.70. The number of benzene rings is 2. The van der Waals surface area contributed by atoms with Gasteiger partial charge in [-0.25, -0.2) is 4.79 Å². The topological polar surface area (TPSA) is 118 Å². The number of amides is 1. The maximum Gasteiger partial charge on any atom is 0.435 e. The molecule has 2 aromatic carbocycles. The second kappa shape index (κ2) is 13.3. The lowest BCUT2D eigenvalue weighted by Gasteiger charge is -2.14. The van der Waals surface area contributed by atoms with E-state index in [0.29, 0.717) is 16.8 Å². The Morgan fingerprint density at radius 1 is 1.05 bits per heavy atom. The van der Waals surface area contributed by atoms with Crippen LogP contribution in [0.15, 0.2) is 89.4 Å². The second-order valence-corrected chi connectivity index (χ2v) is 8.39. The van der Waals surface area contributed by atoms with E-state index in [1.54, 1.807) is 42.4 Å². The number of hydrogen-bond acceptors (Lipinski definition) is 9. The van der Waals surface area contributed by atoms with Gasteiger partial charge in [-0.05, 0) is 66.8 Å². The standard InChI is InChI=1S/C28H26F3N3O7/c1-18(35)40-15-16-41-27(38)19-6-8-21(9-7-19)34-26(37)24(25(32-34)28(29,30)31)17-22(36)5-4-14-33(2)20-10-12-23(39-3)13-11-20/h4-14,17,36H,15-16H2,1-3H3/b14-4+,22-5-,24-17+. The molecule has 0 fully saturated rings. The van der Waals surface area contributed by atoms with Gasteiger partial charge >= 0.3 is 18.1 Å². The van der Waals surface area contributed by atoms with E-state index in [1.165, 1.54) is 44.4 Å². The largest absolute Gasteiger partial charge is 0.508 e. The highest BCUT2D eigenvalue weighted by Gasteiger charge is 2.47. The molecular weight excluding hydrogens is 547 g/mol. The Morgan fingerprint density at radius 3 is 2.27 bits per heavy atom. The molecule has 0 atom stereocenters. The van der Waals surface area contributed by atoms with E-state index in [2.05, 4.69) is 9.84 Å². The molecule has 1 aliphatic heterocycles. The number of alkyl halides is 3. The van der Waals surface area contributed by atoms with Crippen LogP contribution in [0.1, 0.15) is 17.3 Å². The Labute approximate surface area is 233 Å². The minimum atomic E-state index is -4.99. The van der Waals surface area contributed by atoms with Crippen LogP contribution >= 0.6 is 0 Å². The van der Waals surface area contributed by atoms with Crippen molar-refractivity contribution in [2.24, 2.45) is 5.10 Å². The van der Waals surface area contributed by atoms with Crippen LogP contribution in [0, 0.1) is 0 Å². The second-order valence-electron chi connectivity index (χ2n) is 8.39. The number of hydrogen-bond donors (Lipinski definition) is 1. The first kappa shape index (κ1) is 30.5. The number of anilines is 2. The summed E-state index contributed by atoms with van der Waals surface area (Å²) in [6.07, 6.45) is -0.240. The van der Waals surface area contributed by atoms with Gasteiger partial charge in [-0.2, -0.15) is 23.3 Å². The Hall–Kier alpha value is -5.07. The van der Waals surface area contributed by atoms with E-state index >= 15 is 0 Å². The van der Waals surface area contributed by atoms with Gasteiger partial charge in [0.25, 0.3) is 5.91 Å². The van der Waals surface area contributed by atoms with E-state index in [4.69, 9.17) is 9.47 Å². The molecule has 216 valence electrons. The number of allylic oxidation sites excluding steroid dienone is 3. The fraction of sp³-hybridized carbons (Fsp3) is 0.214. The summed E-state index contributed by atoms with van der Waals surface area (Å²) in [5.74, 6) is -2.38. The number of carbonyl (C=O) groups excluding carboxylic acids is 3. The monoisotopic (exact) mass is 573 g/mol.